The van der Waals surface area contributed by atoms with Gasteiger partial charge in [0.05, 0.1) is 0 Å². The molecule has 1 aliphatic carbocycles. The van der Waals surface area contributed by atoms with Crippen molar-refractivity contribution in [3.63, 3.8) is 0 Å². The highest BCUT2D eigenvalue weighted by Gasteiger charge is 2.34. The summed E-state index contributed by atoms with van der Waals surface area (Å²) in [7, 11) is 0. The van der Waals surface area contributed by atoms with Gasteiger partial charge in [0, 0.05) is 23.3 Å². The summed E-state index contributed by atoms with van der Waals surface area (Å²) >= 11 is 0. The quantitative estimate of drug-likeness (QED) is 0.889. The lowest BCUT2D eigenvalue weighted by molar-refractivity contribution is 0.991. The molecule has 2 nitrogen and oxygen atoms in total. The van der Waals surface area contributed by atoms with Crippen LogP contribution in [0.3, 0.4) is 0 Å². The van der Waals surface area contributed by atoms with Crippen LogP contribution < -0.4 is 11.1 Å². The largest absolute Gasteiger partial charge is 0.356 e. The Bertz CT molecular complexity index is 534. The summed E-state index contributed by atoms with van der Waals surface area (Å²) in [6, 6.07) is 17.4. The maximum absolute atomic E-state index is 5.86. The zero-order valence-electron chi connectivity index (χ0n) is 11.0. The number of benzene rings is 2. The molecule has 19 heavy (non-hydrogen) atoms. The number of halogens is 1. The van der Waals surface area contributed by atoms with E-state index in [1.807, 2.05) is 0 Å². The predicted octanol–water partition coefficient (Wildman–Crippen LogP) is 3.98. The number of anilines is 2. The number of nitrogens with two attached hydrogens (primary N) is 1. The molecule has 100 valence electrons. The Hall–Kier alpha value is -1.51. The van der Waals surface area contributed by atoms with Gasteiger partial charge in [-0.15, -0.1) is 12.4 Å². The molecule has 0 aliphatic heterocycles. The third-order valence-corrected chi connectivity index (χ3v) is 3.52. The molecule has 2 aromatic rings. The lowest BCUT2D eigenvalue weighted by Crippen LogP contribution is -2.00. The minimum Gasteiger partial charge on any atom is -0.356 e. The van der Waals surface area contributed by atoms with Crippen molar-refractivity contribution in [2.24, 2.45) is 5.73 Å². The van der Waals surface area contributed by atoms with Crippen LogP contribution in [-0.2, 0) is 0 Å². The summed E-state index contributed by atoms with van der Waals surface area (Å²) < 4.78 is 0. The number of nitrogens with one attached hydrogen (secondary N) is 1. The molecule has 3 rings (SSSR count). The average Bonchev–Trinajstić information content (AvgIpc) is 3.10. The molecule has 0 heterocycles. The molecule has 2 atom stereocenters. The highest BCUT2D eigenvalue weighted by Crippen LogP contribution is 2.39. The molecule has 3 heteroatoms. The van der Waals surface area contributed by atoms with Gasteiger partial charge in [0.1, 0.15) is 0 Å². The normalized spacial score (nSPS) is 20.5. The molecule has 0 amide bonds. The van der Waals surface area contributed by atoms with Gasteiger partial charge in [0.25, 0.3) is 0 Å². The van der Waals surface area contributed by atoms with E-state index in [0.717, 1.165) is 17.8 Å². The zero-order chi connectivity index (χ0) is 12.5. The van der Waals surface area contributed by atoms with Crippen LogP contribution in [0.5, 0.6) is 0 Å². The lowest BCUT2D eigenvalue weighted by atomic mass is 10.1. The Balaban J connectivity index is 0.00000133. The van der Waals surface area contributed by atoms with E-state index in [1.165, 1.54) is 11.1 Å². The highest BCUT2D eigenvalue weighted by atomic mass is 35.5. The van der Waals surface area contributed by atoms with Crippen LogP contribution in [0, 0.1) is 6.92 Å². The van der Waals surface area contributed by atoms with Gasteiger partial charge >= 0.3 is 0 Å². The van der Waals surface area contributed by atoms with Crippen molar-refractivity contribution in [1.29, 1.82) is 0 Å². The number of aryl methyl sites for hydroxylation is 1. The van der Waals surface area contributed by atoms with E-state index in [-0.39, 0.29) is 12.4 Å². The smallest absolute Gasteiger partial charge is 0.0384 e. The molecule has 2 unspecified atom stereocenters. The fourth-order valence-electron chi connectivity index (χ4n) is 2.22. The molecule has 2 aromatic carbocycles. The van der Waals surface area contributed by atoms with E-state index in [1.54, 1.807) is 0 Å². The molecule has 0 spiro atoms. The molecule has 0 radical (unpaired) electrons. The second kappa shape index (κ2) is 5.64. The van der Waals surface area contributed by atoms with E-state index < -0.39 is 0 Å². The summed E-state index contributed by atoms with van der Waals surface area (Å²) in [5.74, 6) is 0.582. The van der Waals surface area contributed by atoms with Crippen molar-refractivity contribution >= 4 is 23.8 Å². The molecular weight excluding hydrogens is 256 g/mol. The first-order valence-electron chi connectivity index (χ1n) is 6.41. The van der Waals surface area contributed by atoms with Crippen LogP contribution in [-0.4, -0.2) is 6.04 Å². The lowest BCUT2D eigenvalue weighted by Gasteiger charge is -2.07. The molecule has 3 N–H and O–H groups in total. The van der Waals surface area contributed by atoms with Gasteiger partial charge in [-0.25, -0.2) is 0 Å². The van der Waals surface area contributed by atoms with E-state index in [4.69, 9.17) is 5.73 Å². The molecule has 0 aromatic heterocycles. The summed E-state index contributed by atoms with van der Waals surface area (Å²) in [5, 5.41) is 3.40. The van der Waals surface area contributed by atoms with Crippen molar-refractivity contribution in [2.45, 2.75) is 25.3 Å². The first-order chi connectivity index (χ1) is 8.72. The number of hydrogen-bond donors (Lipinski definition) is 2. The standard InChI is InChI=1S/C16H18N2.ClH/c1-11-2-6-13(7-3-11)18-14-8-4-12(5-9-14)15-10-16(15)17;/h2-9,15-16,18H,10,17H2,1H3;1H. The van der Waals surface area contributed by atoms with Gasteiger partial charge in [-0.1, -0.05) is 29.8 Å². The SMILES string of the molecule is Cc1ccc(Nc2ccc(C3CC3N)cc2)cc1.Cl. The van der Waals surface area contributed by atoms with Gasteiger partial charge in [0.2, 0.25) is 0 Å². The van der Waals surface area contributed by atoms with Gasteiger partial charge < -0.3 is 11.1 Å². The number of rotatable bonds is 3. The maximum Gasteiger partial charge on any atom is 0.0384 e. The molecule has 1 saturated carbocycles. The van der Waals surface area contributed by atoms with Crippen molar-refractivity contribution < 1.29 is 0 Å². The summed E-state index contributed by atoms with van der Waals surface area (Å²) in [5.41, 5.74) is 10.7. The Morgan fingerprint density at radius 2 is 1.42 bits per heavy atom. The molecule has 0 bridgehead atoms. The fraction of sp³-hybridized carbons (Fsp3) is 0.250. The number of hydrogen-bond acceptors (Lipinski definition) is 2. The van der Waals surface area contributed by atoms with Crippen LogP contribution in [0.1, 0.15) is 23.5 Å². The first kappa shape index (κ1) is 13.9. The second-order valence-electron chi connectivity index (χ2n) is 5.12. The van der Waals surface area contributed by atoms with E-state index in [0.29, 0.717) is 12.0 Å². The van der Waals surface area contributed by atoms with Gasteiger partial charge in [0.15, 0.2) is 0 Å². The first-order valence-corrected chi connectivity index (χ1v) is 6.41. The van der Waals surface area contributed by atoms with Crippen molar-refractivity contribution in [1.82, 2.24) is 0 Å². The average molecular weight is 275 g/mol. The Kier molecular flexibility index (Phi) is 4.13. The summed E-state index contributed by atoms with van der Waals surface area (Å²) in [6.45, 7) is 2.09. The van der Waals surface area contributed by atoms with Gasteiger partial charge in [-0.2, -0.15) is 0 Å². The third kappa shape index (κ3) is 3.28. The van der Waals surface area contributed by atoms with Crippen molar-refractivity contribution in [3.05, 3.63) is 59.7 Å². The molecule has 1 aliphatic rings. The van der Waals surface area contributed by atoms with Crippen LogP contribution in [0.25, 0.3) is 0 Å². The zero-order valence-corrected chi connectivity index (χ0v) is 11.8. The van der Waals surface area contributed by atoms with E-state index >= 15 is 0 Å². The van der Waals surface area contributed by atoms with Crippen molar-refractivity contribution in [2.75, 3.05) is 5.32 Å². The Morgan fingerprint density at radius 1 is 0.947 bits per heavy atom. The van der Waals surface area contributed by atoms with Crippen LogP contribution in [0.15, 0.2) is 48.5 Å². The third-order valence-electron chi connectivity index (χ3n) is 3.52. The predicted molar refractivity (Wildman–Crippen MR) is 83.5 cm³/mol. The van der Waals surface area contributed by atoms with Crippen LogP contribution in [0.4, 0.5) is 11.4 Å². The topological polar surface area (TPSA) is 38.0 Å². The minimum atomic E-state index is 0. The summed E-state index contributed by atoms with van der Waals surface area (Å²) in [4.78, 5) is 0. The Morgan fingerprint density at radius 3 is 1.89 bits per heavy atom. The fourth-order valence-corrected chi connectivity index (χ4v) is 2.22. The monoisotopic (exact) mass is 274 g/mol. The van der Waals surface area contributed by atoms with Crippen LogP contribution >= 0.6 is 12.4 Å². The second-order valence-corrected chi connectivity index (χ2v) is 5.12. The van der Waals surface area contributed by atoms with Crippen LogP contribution in [0.2, 0.25) is 0 Å². The Labute approximate surface area is 120 Å². The van der Waals surface area contributed by atoms with Crippen molar-refractivity contribution in [3.8, 4) is 0 Å². The van der Waals surface area contributed by atoms with E-state index in [9.17, 15) is 0 Å². The van der Waals surface area contributed by atoms with Gasteiger partial charge in [-0.3, -0.25) is 0 Å². The van der Waals surface area contributed by atoms with E-state index in [2.05, 4.69) is 60.8 Å². The summed E-state index contributed by atoms with van der Waals surface area (Å²) in [6.07, 6.45) is 1.13. The maximum atomic E-state index is 5.86. The minimum absolute atomic E-state index is 0. The molecule has 1 fully saturated rings. The molecule has 0 saturated heterocycles. The highest BCUT2D eigenvalue weighted by molar-refractivity contribution is 5.85. The van der Waals surface area contributed by atoms with Gasteiger partial charge in [-0.05, 0) is 43.2 Å². The molecular formula is C16H19ClN2.